The molecule has 0 fully saturated rings. The lowest BCUT2D eigenvalue weighted by Crippen LogP contribution is -2.18. The maximum absolute atomic E-state index is 12.4. The maximum atomic E-state index is 12.4. The third-order valence-corrected chi connectivity index (χ3v) is 9.31. The number of esters is 1. The summed E-state index contributed by atoms with van der Waals surface area (Å²) in [5.41, 5.74) is 0. The van der Waals surface area contributed by atoms with E-state index in [9.17, 15) is 9.59 Å². The lowest BCUT2D eigenvalue weighted by molar-refractivity contribution is -0.150. The minimum atomic E-state index is -0.660. The summed E-state index contributed by atoms with van der Waals surface area (Å²) in [4.78, 5) is 22.9. The van der Waals surface area contributed by atoms with Crippen LogP contribution in [0.2, 0.25) is 0 Å². The molecule has 0 aromatic heterocycles. The number of hydrogen-bond acceptors (Lipinski definition) is 3. The number of ether oxygens (including phenoxy) is 1. The zero-order valence-electron chi connectivity index (χ0n) is 30.0. The van der Waals surface area contributed by atoms with E-state index in [0.29, 0.717) is 12.8 Å². The van der Waals surface area contributed by atoms with Crippen molar-refractivity contribution in [3.8, 4) is 0 Å². The van der Waals surface area contributed by atoms with Crippen molar-refractivity contribution in [1.82, 2.24) is 0 Å². The first kappa shape index (κ1) is 42.9. The van der Waals surface area contributed by atoms with E-state index in [4.69, 9.17) is 9.84 Å². The molecule has 0 rings (SSSR count). The maximum Gasteiger partial charge on any atom is 0.306 e. The molecule has 0 radical (unpaired) electrons. The molecule has 0 aliphatic heterocycles. The molecule has 44 heavy (non-hydrogen) atoms. The van der Waals surface area contributed by atoms with Gasteiger partial charge >= 0.3 is 11.9 Å². The summed E-state index contributed by atoms with van der Waals surface area (Å²) in [5.74, 6) is -0.622. The predicted octanol–water partition coefficient (Wildman–Crippen LogP) is 13.7. The van der Waals surface area contributed by atoms with Gasteiger partial charge in [0, 0.05) is 12.8 Å². The largest absolute Gasteiger partial charge is 0.481 e. The highest BCUT2D eigenvalue weighted by Crippen LogP contribution is 2.18. The zero-order valence-corrected chi connectivity index (χ0v) is 30.0. The Morgan fingerprint density at radius 2 is 0.727 bits per heavy atom. The van der Waals surface area contributed by atoms with Crippen molar-refractivity contribution in [3.05, 3.63) is 0 Å². The fourth-order valence-electron chi connectivity index (χ4n) is 6.42. The van der Waals surface area contributed by atoms with Gasteiger partial charge in [0.1, 0.15) is 6.10 Å². The molecule has 0 aromatic carbocycles. The molecule has 1 atom stereocenters. The molecule has 0 saturated carbocycles. The third kappa shape index (κ3) is 35.4. The van der Waals surface area contributed by atoms with E-state index in [1.54, 1.807) is 0 Å². The van der Waals surface area contributed by atoms with Gasteiger partial charge in [-0.25, -0.2) is 0 Å². The van der Waals surface area contributed by atoms with E-state index in [1.807, 2.05) is 0 Å². The van der Waals surface area contributed by atoms with E-state index < -0.39 is 5.97 Å². The first-order valence-electron chi connectivity index (χ1n) is 20.0. The second-order valence-electron chi connectivity index (χ2n) is 13.8. The van der Waals surface area contributed by atoms with Crippen molar-refractivity contribution in [2.45, 2.75) is 245 Å². The number of rotatable bonds is 37. The lowest BCUT2D eigenvalue weighted by Gasteiger charge is -2.17. The van der Waals surface area contributed by atoms with Crippen LogP contribution >= 0.6 is 0 Å². The number of unbranched alkanes of at least 4 members (excludes halogenated alkanes) is 28. The number of carboxylic acid groups (broad SMARTS) is 1. The van der Waals surface area contributed by atoms with Gasteiger partial charge in [-0.15, -0.1) is 0 Å². The second kappa shape index (κ2) is 36.4. The van der Waals surface area contributed by atoms with Crippen molar-refractivity contribution in [3.63, 3.8) is 0 Å². The summed E-state index contributed by atoms with van der Waals surface area (Å²) < 4.78 is 5.88. The molecule has 0 aliphatic carbocycles. The van der Waals surface area contributed by atoms with Crippen LogP contribution in [0.3, 0.4) is 0 Å². The quantitative estimate of drug-likeness (QED) is 0.0553. The van der Waals surface area contributed by atoms with Crippen LogP contribution in [0.25, 0.3) is 0 Å². The Kier molecular flexibility index (Phi) is 35.5. The van der Waals surface area contributed by atoms with Gasteiger partial charge in [0.2, 0.25) is 0 Å². The molecule has 0 amide bonds. The van der Waals surface area contributed by atoms with Crippen LogP contribution in [0.15, 0.2) is 0 Å². The average Bonchev–Trinajstić information content (AvgIpc) is 3.00. The normalized spacial score (nSPS) is 12.0. The number of aliphatic carboxylic acids is 1. The van der Waals surface area contributed by atoms with Crippen molar-refractivity contribution in [2.24, 2.45) is 0 Å². The minimum Gasteiger partial charge on any atom is -0.481 e. The predicted molar refractivity (Wildman–Crippen MR) is 190 cm³/mol. The topological polar surface area (TPSA) is 63.6 Å². The van der Waals surface area contributed by atoms with E-state index >= 15 is 0 Å². The Labute approximate surface area is 275 Å². The smallest absolute Gasteiger partial charge is 0.306 e. The van der Waals surface area contributed by atoms with Gasteiger partial charge in [0.15, 0.2) is 0 Å². The molecular weight excluding hydrogens is 544 g/mol. The molecule has 0 aliphatic rings. The highest BCUT2D eigenvalue weighted by Gasteiger charge is 2.13. The third-order valence-electron chi connectivity index (χ3n) is 9.31. The van der Waals surface area contributed by atoms with Gasteiger partial charge < -0.3 is 9.84 Å². The number of carbonyl (C=O) groups excluding carboxylic acids is 1. The van der Waals surface area contributed by atoms with Crippen molar-refractivity contribution < 1.29 is 19.4 Å². The standard InChI is InChI=1S/C40H78O4/c1-3-5-6-7-8-9-10-16-21-24-27-30-33-37-40(43)44-38(34-4-2)35-31-28-25-22-19-17-14-12-11-13-15-18-20-23-26-29-32-36-39(41)42/h38H,3-37H2,1-2H3,(H,41,42). The summed E-state index contributed by atoms with van der Waals surface area (Å²) >= 11 is 0. The fraction of sp³-hybridized carbons (Fsp3) is 0.950. The molecule has 4 nitrogen and oxygen atoms in total. The Morgan fingerprint density at radius 3 is 1.07 bits per heavy atom. The molecule has 1 unspecified atom stereocenters. The molecule has 0 spiro atoms. The highest BCUT2D eigenvalue weighted by molar-refractivity contribution is 5.69. The Hall–Kier alpha value is -1.06. The van der Waals surface area contributed by atoms with Crippen LogP contribution in [0, 0.1) is 0 Å². The van der Waals surface area contributed by atoms with E-state index in [0.717, 1.165) is 38.5 Å². The number of carboxylic acids is 1. The van der Waals surface area contributed by atoms with Crippen LogP contribution in [0.1, 0.15) is 239 Å². The van der Waals surface area contributed by atoms with Crippen LogP contribution < -0.4 is 0 Å². The first-order valence-corrected chi connectivity index (χ1v) is 20.0. The molecule has 1 N–H and O–H groups in total. The van der Waals surface area contributed by atoms with Gasteiger partial charge in [-0.05, 0) is 32.1 Å². The van der Waals surface area contributed by atoms with Crippen LogP contribution in [-0.2, 0) is 14.3 Å². The Balaban J connectivity index is 3.47. The van der Waals surface area contributed by atoms with Crippen molar-refractivity contribution in [1.29, 1.82) is 0 Å². The van der Waals surface area contributed by atoms with Crippen molar-refractivity contribution >= 4 is 11.9 Å². The molecule has 0 saturated heterocycles. The summed E-state index contributed by atoms with van der Waals surface area (Å²) in [6.07, 6.45) is 43.4. The van der Waals surface area contributed by atoms with Crippen molar-refractivity contribution in [2.75, 3.05) is 0 Å². The molecule has 0 aromatic rings. The van der Waals surface area contributed by atoms with Gasteiger partial charge in [-0.1, -0.05) is 194 Å². The highest BCUT2D eigenvalue weighted by atomic mass is 16.5. The molecule has 0 heterocycles. The van der Waals surface area contributed by atoms with E-state index in [2.05, 4.69) is 13.8 Å². The zero-order chi connectivity index (χ0) is 32.2. The molecule has 262 valence electrons. The second-order valence-corrected chi connectivity index (χ2v) is 13.8. The fourth-order valence-corrected chi connectivity index (χ4v) is 6.42. The summed E-state index contributed by atoms with van der Waals surface area (Å²) in [5, 5.41) is 8.65. The monoisotopic (exact) mass is 623 g/mol. The van der Waals surface area contributed by atoms with E-state index in [1.165, 1.54) is 173 Å². The SMILES string of the molecule is CCCCCCCCCCCCCCCC(=O)OC(CCC)CCCCCCCCCCCCCCCCCCCC(=O)O. The van der Waals surface area contributed by atoms with Gasteiger partial charge in [0.05, 0.1) is 0 Å². The Morgan fingerprint density at radius 1 is 0.409 bits per heavy atom. The number of carbonyl (C=O) groups is 2. The van der Waals surface area contributed by atoms with Gasteiger partial charge in [0.25, 0.3) is 0 Å². The molecule has 0 bridgehead atoms. The first-order chi connectivity index (χ1) is 21.6. The Bertz CT molecular complexity index is 590. The summed E-state index contributed by atoms with van der Waals surface area (Å²) in [7, 11) is 0. The van der Waals surface area contributed by atoms with Crippen LogP contribution in [-0.4, -0.2) is 23.1 Å². The van der Waals surface area contributed by atoms with Crippen LogP contribution in [0.5, 0.6) is 0 Å². The van der Waals surface area contributed by atoms with Crippen LogP contribution in [0.4, 0.5) is 0 Å². The van der Waals surface area contributed by atoms with Gasteiger partial charge in [-0.2, -0.15) is 0 Å². The minimum absolute atomic E-state index is 0.0384. The summed E-state index contributed by atoms with van der Waals surface area (Å²) in [6, 6.07) is 0. The van der Waals surface area contributed by atoms with Gasteiger partial charge in [-0.3, -0.25) is 9.59 Å². The average molecular weight is 623 g/mol. The molecular formula is C40H78O4. The van der Waals surface area contributed by atoms with E-state index in [-0.39, 0.29) is 12.1 Å². The molecule has 4 heteroatoms. The number of hydrogen-bond donors (Lipinski definition) is 1. The summed E-state index contributed by atoms with van der Waals surface area (Å²) in [6.45, 7) is 4.48. The lowest BCUT2D eigenvalue weighted by atomic mass is 10.0.